The molecule has 10 nitrogen and oxygen atoms in total. The van der Waals surface area contributed by atoms with E-state index in [1.165, 1.54) is 0 Å². The van der Waals surface area contributed by atoms with Gasteiger partial charge in [0.15, 0.2) is 0 Å². The Hall–Kier alpha value is -2.40. The van der Waals surface area contributed by atoms with Gasteiger partial charge in [0.05, 0.1) is 0 Å². The molecule has 0 bridgehead atoms. The maximum atomic E-state index is 11.2. The maximum Gasteiger partial charge on any atom is 0.220 e. The molecule has 2 saturated heterocycles. The van der Waals surface area contributed by atoms with Crippen LogP contribution in [0.25, 0.3) is 0 Å². The van der Waals surface area contributed by atoms with Gasteiger partial charge in [-0.25, -0.2) is 0 Å². The van der Waals surface area contributed by atoms with Gasteiger partial charge < -0.3 is 41.0 Å². The van der Waals surface area contributed by atoms with E-state index in [1.807, 2.05) is 0 Å². The Morgan fingerprint density at radius 1 is 0.765 bits per heavy atom. The van der Waals surface area contributed by atoms with Crippen molar-refractivity contribution in [1.82, 2.24) is 9.80 Å². The molecular formula is C24H38N4O6. The first kappa shape index (κ1) is 26.2. The molecule has 6 N–H and O–H groups in total. The van der Waals surface area contributed by atoms with Gasteiger partial charge in [0.25, 0.3) is 0 Å². The van der Waals surface area contributed by atoms with E-state index in [2.05, 4.69) is 9.80 Å². The fourth-order valence-electron chi connectivity index (χ4n) is 4.52. The van der Waals surface area contributed by atoms with Gasteiger partial charge in [0, 0.05) is 24.9 Å². The first-order valence-electron chi connectivity index (χ1n) is 12.0. The summed E-state index contributed by atoms with van der Waals surface area (Å²) in [6, 6.07) is 7.06. The van der Waals surface area contributed by atoms with Crippen molar-refractivity contribution in [2.75, 3.05) is 52.5 Å². The molecule has 0 radical (unpaired) electrons. The van der Waals surface area contributed by atoms with Crippen molar-refractivity contribution in [3.63, 3.8) is 0 Å². The molecule has 0 spiro atoms. The Bertz CT molecular complexity index is 711. The third-order valence-electron chi connectivity index (χ3n) is 6.63. The Morgan fingerprint density at radius 3 is 1.38 bits per heavy atom. The number of likely N-dealkylation sites (tertiary alicyclic amines) is 2. The number of benzene rings is 1. The summed E-state index contributed by atoms with van der Waals surface area (Å²) in [5.74, 6) is 0.632. The van der Waals surface area contributed by atoms with Gasteiger partial charge in [0.1, 0.15) is 36.9 Å². The van der Waals surface area contributed by atoms with Gasteiger partial charge >= 0.3 is 0 Å². The highest BCUT2D eigenvalue weighted by Crippen LogP contribution is 2.20. The minimum atomic E-state index is -0.635. The zero-order chi connectivity index (χ0) is 24.5. The first-order valence-corrected chi connectivity index (χ1v) is 12.0. The van der Waals surface area contributed by atoms with Gasteiger partial charge in [-0.1, -0.05) is 0 Å². The Labute approximate surface area is 200 Å². The number of aliphatic hydroxyl groups is 2. The van der Waals surface area contributed by atoms with Crippen LogP contribution in [-0.2, 0) is 9.59 Å². The van der Waals surface area contributed by atoms with Crippen molar-refractivity contribution in [2.45, 2.75) is 37.9 Å². The summed E-state index contributed by atoms with van der Waals surface area (Å²) in [6.45, 7) is 4.29. The van der Waals surface area contributed by atoms with Crippen LogP contribution < -0.4 is 20.9 Å². The number of β-amino-alcohol motifs (C(OH)–C–C–N with tert-alkyl or cyclic N) is 2. The molecule has 2 aliphatic rings. The summed E-state index contributed by atoms with van der Waals surface area (Å²) in [7, 11) is 0. The standard InChI is InChI=1S/C24H38N4O6/c25-23(31)17-5-9-27(10-6-17)13-19(29)15-33-21-1-2-22(4-3-21)34-16-20(30)14-28-11-7-18(8-12-28)24(26)32/h1-4,17-20,29-30H,5-16H2,(H2,25,31)(H2,26,32)/t19-,20-/m0/s1. The zero-order valence-electron chi connectivity index (χ0n) is 19.7. The van der Waals surface area contributed by atoms with Crippen LogP contribution in [0.5, 0.6) is 11.5 Å². The molecule has 2 atom stereocenters. The maximum absolute atomic E-state index is 11.2. The van der Waals surface area contributed by atoms with Crippen molar-refractivity contribution in [3.05, 3.63) is 24.3 Å². The molecule has 1 aromatic carbocycles. The van der Waals surface area contributed by atoms with Crippen LogP contribution in [0.4, 0.5) is 0 Å². The van der Waals surface area contributed by atoms with Crippen molar-refractivity contribution in [3.8, 4) is 11.5 Å². The number of primary amides is 2. The van der Waals surface area contributed by atoms with Crippen LogP contribution in [0.3, 0.4) is 0 Å². The van der Waals surface area contributed by atoms with E-state index < -0.39 is 12.2 Å². The monoisotopic (exact) mass is 478 g/mol. The van der Waals surface area contributed by atoms with Crippen LogP contribution in [0, 0.1) is 11.8 Å². The molecule has 34 heavy (non-hydrogen) atoms. The lowest BCUT2D eigenvalue weighted by Gasteiger charge is -2.31. The predicted molar refractivity (Wildman–Crippen MR) is 126 cm³/mol. The second-order valence-electron chi connectivity index (χ2n) is 9.36. The van der Waals surface area contributed by atoms with Crippen molar-refractivity contribution >= 4 is 11.8 Å². The van der Waals surface area contributed by atoms with Gasteiger partial charge in [-0.2, -0.15) is 0 Å². The van der Waals surface area contributed by atoms with E-state index in [0.29, 0.717) is 24.6 Å². The Kier molecular flexibility index (Phi) is 9.94. The summed E-state index contributed by atoms with van der Waals surface area (Å²) >= 11 is 0. The minimum Gasteiger partial charge on any atom is -0.491 e. The minimum absolute atomic E-state index is 0.0627. The molecule has 190 valence electrons. The summed E-state index contributed by atoms with van der Waals surface area (Å²) < 4.78 is 11.4. The summed E-state index contributed by atoms with van der Waals surface area (Å²) in [6.07, 6.45) is 1.65. The van der Waals surface area contributed by atoms with Crippen LogP contribution in [0.2, 0.25) is 0 Å². The van der Waals surface area contributed by atoms with Crippen LogP contribution in [-0.4, -0.2) is 96.5 Å². The van der Waals surface area contributed by atoms with Crippen LogP contribution >= 0.6 is 0 Å². The average molecular weight is 479 g/mol. The van der Waals surface area contributed by atoms with Crippen molar-refractivity contribution in [1.29, 1.82) is 0 Å². The lowest BCUT2D eigenvalue weighted by molar-refractivity contribution is -0.124. The molecule has 1 aromatic rings. The van der Waals surface area contributed by atoms with E-state index in [1.54, 1.807) is 24.3 Å². The number of amides is 2. The molecule has 2 heterocycles. The quantitative estimate of drug-likeness (QED) is 0.316. The second-order valence-corrected chi connectivity index (χ2v) is 9.36. The molecule has 2 aliphatic heterocycles. The lowest BCUT2D eigenvalue weighted by atomic mass is 9.96. The number of ether oxygens (including phenoxy) is 2. The molecule has 2 amide bonds. The zero-order valence-corrected chi connectivity index (χ0v) is 19.7. The van der Waals surface area contributed by atoms with E-state index in [0.717, 1.165) is 51.9 Å². The second kappa shape index (κ2) is 12.9. The number of piperidine rings is 2. The molecular weight excluding hydrogens is 440 g/mol. The van der Waals surface area contributed by atoms with E-state index in [9.17, 15) is 19.8 Å². The fraction of sp³-hybridized carbons (Fsp3) is 0.667. The SMILES string of the molecule is NC(=O)C1CCN(C[C@H](O)COc2ccc(OC[C@@H](O)CN3CCC(C(N)=O)CC3)cc2)CC1. The first-order chi connectivity index (χ1) is 16.3. The van der Waals surface area contributed by atoms with Crippen molar-refractivity contribution < 1.29 is 29.3 Å². The molecule has 0 unspecified atom stereocenters. The van der Waals surface area contributed by atoms with E-state index >= 15 is 0 Å². The largest absolute Gasteiger partial charge is 0.491 e. The number of hydrogen-bond acceptors (Lipinski definition) is 8. The third kappa shape index (κ3) is 8.43. The third-order valence-corrected chi connectivity index (χ3v) is 6.63. The average Bonchev–Trinajstić information content (AvgIpc) is 2.83. The molecule has 3 rings (SSSR count). The van der Waals surface area contributed by atoms with Gasteiger partial charge in [0.2, 0.25) is 11.8 Å². The summed E-state index contributed by atoms with van der Waals surface area (Å²) in [5.41, 5.74) is 10.7. The van der Waals surface area contributed by atoms with Crippen molar-refractivity contribution in [2.24, 2.45) is 23.3 Å². The van der Waals surface area contributed by atoms with Crippen LogP contribution in [0.1, 0.15) is 25.7 Å². The normalized spacial score (nSPS) is 20.5. The van der Waals surface area contributed by atoms with E-state index in [4.69, 9.17) is 20.9 Å². The number of nitrogens with two attached hydrogens (primary N) is 2. The van der Waals surface area contributed by atoms with E-state index in [-0.39, 0.29) is 36.9 Å². The number of rotatable bonds is 12. The highest BCUT2D eigenvalue weighted by Gasteiger charge is 2.25. The molecule has 0 aromatic heterocycles. The molecule has 0 saturated carbocycles. The summed E-state index contributed by atoms with van der Waals surface area (Å²) in [4.78, 5) is 26.7. The fourth-order valence-corrected chi connectivity index (χ4v) is 4.52. The van der Waals surface area contributed by atoms with Crippen LogP contribution in [0.15, 0.2) is 24.3 Å². The number of hydrogen-bond donors (Lipinski definition) is 4. The highest BCUT2D eigenvalue weighted by molar-refractivity contribution is 5.77. The number of nitrogens with zero attached hydrogens (tertiary/aromatic N) is 2. The van der Waals surface area contributed by atoms with Gasteiger partial charge in [-0.3, -0.25) is 9.59 Å². The Balaban J connectivity index is 1.30. The topological polar surface area (TPSA) is 152 Å². The number of carbonyl (C=O) groups excluding carboxylic acids is 2. The van der Waals surface area contributed by atoms with Gasteiger partial charge in [-0.05, 0) is 76.1 Å². The molecule has 0 aliphatic carbocycles. The number of carbonyl (C=O) groups is 2. The Morgan fingerprint density at radius 2 is 1.09 bits per heavy atom. The molecule has 10 heteroatoms. The smallest absolute Gasteiger partial charge is 0.220 e. The van der Waals surface area contributed by atoms with Gasteiger partial charge in [-0.15, -0.1) is 0 Å². The summed E-state index contributed by atoms with van der Waals surface area (Å²) in [5, 5.41) is 20.6. The highest BCUT2D eigenvalue weighted by atomic mass is 16.5. The number of aliphatic hydroxyl groups excluding tert-OH is 2. The molecule has 2 fully saturated rings. The predicted octanol–water partition coefficient (Wildman–Crippen LogP) is -0.439. The lowest BCUT2D eigenvalue weighted by Crippen LogP contribution is -2.43.